The Bertz CT molecular complexity index is 462. The van der Waals surface area contributed by atoms with Crippen LogP contribution in [0.1, 0.15) is 37.7 Å². The molecule has 1 fully saturated rings. The van der Waals surface area contributed by atoms with Gasteiger partial charge in [-0.3, -0.25) is 4.79 Å². The maximum Gasteiger partial charge on any atom is 0.318 e. The zero-order chi connectivity index (χ0) is 13.7. The highest BCUT2D eigenvalue weighted by Gasteiger charge is 2.35. The predicted octanol–water partition coefficient (Wildman–Crippen LogP) is 3.42. The summed E-state index contributed by atoms with van der Waals surface area (Å²) in [6.07, 6.45) is 3.02. The molecule has 0 amide bonds. The number of hydrogen-bond acceptors (Lipinski definition) is 3. The lowest BCUT2D eigenvalue weighted by Crippen LogP contribution is -2.09. The van der Waals surface area contributed by atoms with E-state index in [0.29, 0.717) is 6.61 Å². The van der Waals surface area contributed by atoms with Crippen molar-refractivity contribution in [2.24, 2.45) is 0 Å². The molecule has 0 radical (unpaired) electrons. The van der Waals surface area contributed by atoms with Gasteiger partial charge in [0, 0.05) is 12.0 Å². The van der Waals surface area contributed by atoms with E-state index in [9.17, 15) is 4.79 Å². The molecule has 0 aliphatic carbocycles. The van der Waals surface area contributed by atoms with Crippen LogP contribution in [0, 0.1) is 0 Å². The molecule has 0 saturated carbocycles. The fraction of sp³-hybridized carbons (Fsp3) is 0.438. The van der Waals surface area contributed by atoms with E-state index >= 15 is 0 Å². The molecule has 19 heavy (non-hydrogen) atoms. The van der Waals surface area contributed by atoms with Crippen LogP contribution in [-0.4, -0.2) is 19.7 Å². The van der Waals surface area contributed by atoms with Crippen molar-refractivity contribution in [2.75, 3.05) is 13.7 Å². The highest BCUT2D eigenvalue weighted by Crippen LogP contribution is 2.35. The number of esters is 1. The number of allylic oxidation sites excluding steroid dienone is 1. The number of benzene rings is 1. The molecule has 0 spiro atoms. The first-order valence-electron chi connectivity index (χ1n) is 6.75. The Labute approximate surface area is 114 Å². The minimum absolute atomic E-state index is 0.174. The Morgan fingerprint density at radius 3 is 2.74 bits per heavy atom. The minimum atomic E-state index is -0.298. The molecule has 1 heterocycles. The van der Waals surface area contributed by atoms with E-state index in [1.54, 1.807) is 7.11 Å². The molecule has 2 rings (SSSR count). The van der Waals surface area contributed by atoms with Crippen molar-refractivity contribution in [3.63, 3.8) is 0 Å². The summed E-state index contributed by atoms with van der Waals surface area (Å²) in [4.78, 5) is 12.0. The minimum Gasteiger partial charge on any atom is -0.501 e. The molecule has 0 aromatic heterocycles. The van der Waals surface area contributed by atoms with Crippen molar-refractivity contribution < 1.29 is 14.3 Å². The van der Waals surface area contributed by atoms with E-state index in [-0.39, 0.29) is 11.9 Å². The van der Waals surface area contributed by atoms with Crippen LogP contribution in [0.4, 0.5) is 0 Å². The number of ether oxygens (including phenoxy) is 2. The van der Waals surface area contributed by atoms with Gasteiger partial charge in [0.25, 0.3) is 0 Å². The van der Waals surface area contributed by atoms with Gasteiger partial charge in [0.1, 0.15) is 12.5 Å². The molecule has 102 valence electrons. The molecule has 1 aromatic rings. The summed E-state index contributed by atoms with van der Waals surface area (Å²) < 4.78 is 10.7. The summed E-state index contributed by atoms with van der Waals surface area (Å²) in [6, 6.07) is 9.75. The molecule has 1 unspecified atom stereocenters. The van der Waals surface area contributed by atoms with E-state index < -0.39 is 0 Å². The summed E-state index contributed by atoms with van der Waals surface area (Å²) in [5.74, 6) is 0.432. The standard InChI is InChI=1S/C16H20O3/c1-3-4-10-14(18-2)13-11-19-16(17)15(13)12-8-6-5-7-9-12/h5-9,15H,3-4,10-11H2,1-2H3/b14-13+. The number of carbonyl (C=O) groups excluding carboxylic acids is 1. The smallest absolute Gasteiger partial charge is 0.318 e. The Hall–Kier alpha value is -1.77. The average molecular weight is 260 g/mol. The molecular formula is C16H20O3. The van der Waals surface area contributed by atoms with Gasteiger partial charge < -0.3 is 9.47 Å². The molecule has 0 bridgehead atoms. The molecular weight excluding hydrogens is 240 g/mol. The van der Waals surface area contributed by atoms with Gasteiger partial charge in [0.2, 0.25) is 0 Å². The zero-order valence-electron chi connectivity index (χ0n) is 11.5. The number of hydrogen-bond donors (Lipinski definition) is 0. The number of unbranched alkanes of at least 4 members (excludes halogenated alkanes) is 1. The lowest BCUT2D eigenvalue weighted by Gasteiger charge is -2.13. The second kappa shape index (κ2) is 6.41. The Kier molecular flexibility index (Phi) is 4.61. The highest BCUT2D eigenvalue weighted by molar-refractivity contribution is 5.85. The van der Waals surface area contributed by atoms with Gasteiger partial charge in [-0.05, 0) is 12.0 Å². The molecule has 3 heteroatoms. The van der Waals surface area contributed by atoms with Gasteiger partial charge in [-0.2, -0.15) is 0 Å². The molecule has 1 saturated heterocycles. The Morgan fingerprint density at radius 2 is 2.11 bits per heavy atom. The van der Waals surface area contributed by atoms with Gasteiger partial charge in [-0.1, -0.05) is 43.7 Å². The van der Waals surface area contributed by atoms with Crippen LogP contribution in [0.5, 0.6) is 0 Å². The van der Waals surface area contributed by atoms with Gasteiger partial charge in [-0.25, -0.2) is 0 Å². The maximum absolute atomic E-state index is 12.0. The largest absolute Gasteiger partial charge is 0.501 e. The van der Waals surface area contributed by atoms with Crippen LogP contribution < -0.4 is 0 Å². The number of methoxy groups -OCH3 is 1. The lowest BCUT2D eigenvalue weighted by molar-refractivity contribution is -0.139. The summed E-state index contributed by atoms with van der Waals surface area (Å²) in [5.41, 5.74) is 1.96. The first kappa shape index (κ1) is 13.7. The van der Waals surface area contributed by atoms with Crippen LogP contribution in [0.15, 0.2) is 41.7 Å². The SMILES string of the molecule is CCCC/C(OC)=C1/COC(=O)C1c1ccccc1. The van der Waals surface area contributed by atoms with E-state index in [0.717, 1.165) is 36.2 Å². The van der Waals surface area contributed by atoms with E-state index in [2.05, 4.69) is 6.92 Å². The third-order valence-corrected chi connectivity index (χ3v) is 3.45. The zero-order valence-corrected chi connectivity index (χ0v) is 11.5. The van der Waals surface area contributed by atoms with Crippen molar-refractivity contribution in [2.45, 2.75) is 32.1 Å². The normalized spacial score (nSPS) is 21.2. The second-order valence-corrected chi connectivity index (χ2v) is 4.71. The third-order valence-electron chi connectivity index (χ3n) is 3.45. The summed E-state index contributed by atoms with van der Waals surface area (Å²) >= 11 is 0. The maximum atomic E-state index is 12.0. The second-order valence-electron chi connectivity index (χ2n) is 4.71. The van der Waals surface area contributed by atoms with Crippen LogP contribution in [0.2, 0.25) is 0 Å². The Morgan fingerprint density at radius 1 is 1.37 bits per heavy atom. The fourth-order valence-corrected chi connectivity index (χ4v) is 2.41. The van der Waals surface area contributed by atoms with E-state index in [4.69, 9.17) is 9.47 Å². The summed E-state index contributed by atoms with van der Waals surface area (Å²) in [7, 11) is 1.67. The van der Waals surface area contributed by atoms with E-state index in [1.165, 1.54) is 0 Å². The van der Waals surface area contributed by atoms with Crippen molar-refractivity contribution in [1.82, 2.24) is 0 Å². The first-order chi connectivity index (χ1) is 9.27. The molecule has 1 atom stereocenters. The van der Waals surface area contributed by atoms with Crippen LogP contribution >= 0.6 is 0 Å². The third kappa shape index (κ3) is 2.98. The summed E-state index contributed by atoms with van der Waals surface area (Å²) in [5, 5.41) is 0. The topological polar surface area (TPSA) is 35.5 Å². The molecule has 0 N–H and O–H groups in total. The number of carbonyl (C=O) groups is 1. The van der Waals surface area contributed by atoms with Crippen LogP contribution in [-0.2, 0) is 14.3 Å². The predicted molar refractivity (Wildman–Crippen MR) is 73.7 cm³/mol. The summed E-state index contributed by atoms with van der Waals surface area (Å²) in [6.45, 7) is 2.49. The van der Waals surface area contributed by atoms with Crippen LogP contribution in [0.25, 0.3) is 0 Å². The molecule has 1 aromatic carbocycles. The van der Waals surface area contributed by atoms with Crippen molar-refractivity contribution in [3.8, 4) is 0 Å². The monoisotopic (exact) mass is 260 g/mol. The lowest BCUT2D eigenvalue weighted by atomic mass is 9.91. The Balaban J connectivity index is 2.33. The van der Waals surface area contributed by atoms with Crippen molar-refractivity contribution in [3.05, 3.63) is 47.2 Å². The number of rotatable bonds is 5. The molecule has 1 aliphatic heterocycles. The fourth-order valence-electron chi connectivity index (χ4n) is 2.41. The van der Waals surface area contributed by atoms with Crippen molar-refractivity contribution >= 4 is 5.97 Å². The quantitative estimate of drug-likeness (QED) is 0.601. The number of cyclic esters (lactones) is 1. The first-order valence-corrected chi connectivity index (χ1v) is 6.75. The molecule has 1 aliphatic rings. The van der Waals surface area contributed by atoms with Crippen molar-refractivity contribution in [1.29, 1.82) is 0 Å². The highest BCUT2D eigenvalue weighted by atomic mass is 16.5. The van der Waals surface area contributed by atoms with E-state index in [1.807, 2.05) is 30.3 Å². The van der Waals surface area contributed by atoms with Gasteiger partial charge in [0.15, 0.2) is 0 Å². The van der Waals surface area contributed by atoms with Gasteiger partial charge in [-0.15, -0.1) is 0 Å². The van der Waals surface area contributed by atoms with Crippen LogP contribution in [0.3, 0.4) is 0 Å². The molecule has 3 nitrogen and oxygen atoms in total. The van der Waals surface area contributed by atoms with Gasteiger partial charge in [0.05, 0.1) is 12.9 Å². The average Bonchev–Trinajstić information content (AvgIpc) is 2.83. The van der Waals surface area contributed by atoms with Gasteiger partial charge >= 0.3 is 5.97 Å².